The summed E-state index contributed by atoms with van der Waals surface area (Å²) < 4.78 is 12.9. The summed E-state index contributed by atoms with van der Waals surface area (Å²) in [7, 11) is 0. The van der Waals surface area contributed by atoms with Crippen LogP contribution in [-0.4, -0.2) is 17.1 Å². The number of aromatic nitrogens is 1. The second-order valence-electron chi connectivity index (χ2n) is 7.73. The van der Waals surface area contributed by atoms with E-state index in [2.05, 4.69) is 5.32 Å². The van der Waals surface area contributed by atoms with E-state index in [1.165, 1.54) is 10.8 Å². The number of carbonyl (C=O) groups excluding carboxylic acids is 1. The SMILES string of the molecule is CCOc1ccccc1NC(=O)/C(C#N)=c1\s/c(=C\c2ccco2)c(=O)n1-c1ccc(C)cc1C. The van der Waals surface area contributed by atoms with E-state index in [0.717, 1.165) is 22.5 Å². The van der Waals surface area contributed by atoms with Crippen LogP contribution in [0.2, 0.25) is 0 Å². The molecular formula is C27H23N3O4S. The number of aryl methyl sites for hydroxylation is 2. The van der Waals surface area contributed by atoms with E-state index in [9.17, 15) is 14.9 Å². The van der Waals surface area contributed by atoms with Crippen LogP contribution in [-0.2, 0) is 4.79 Å². The summed E-state index contributed by atoms with van der Waals surface area (Å²) in [4.78, 5) is 26.8. The van der Waals surface area contributed by atoms with E-state index in [0.29, 0.717) is 34.0 Å². The first-order valence-electron chi connectivity index (χ1n) is 10.9. The molecule has 0 radical (unpaired) electrons. The monoisotopic (exact) mass is 485 g/mol. The molecule has 7 nitrogen and oxygen atoms in total. The molecule has 0 aliphatic rings. The van der Waals surface area contributed by atoms with Crippen LogP contribution in [0.3, 0.4) is 0 Å². The lowest BCUT2D eigenvalue weighted by Gasteiger charge is -2.11. The third-order valence-electron chi connectivity index (χ3n) is 5.22. The lowest BCUT2D eigenvalue weighted by atomic mass is 10.1. The molecule has 0 spiro atoms. The molecule has 8 heteroatoms. The van der Waals surface area contributed by atoms with Gasteiger partial charge in [-0.25, -0.2) is 0 Å². The first-order chi connectivity index (χ1) is 16.9. The Balaban J connectivity index is 1.96. The average Bonchev–Trinajstić information content (AvgIpc) is 3.45. The second-order valence-corrected chi connectivity index (χ2v) is 8.76. The molecule has 0 saturated heterocycles. The zero-order valence-electron chi connectivity index (χ0n) is 19.5. The molecule has 4 aromatic rings. The number of hydrogen-bond donors (Lipinski definition) is 1. The maximum absolute atomic E-state index is 13.5. The first kappa shape index (κ1) is 23.8. The summed E-state index contributed by atoms with van der Waals surface area (Å²) in [6, 6.07) is 18.1. The smallest absolute Gasteiger partial charge is 0.273 e. The van der Waals surface area contributed by atoms with Gasteiger partial charge in [0.1, 0.15) is 22.2 Å². The van der Waals surface area contributed by atoms with Crippen molar-refractivity contribution in [2.45, 2.75) is 20.8 Å². The number of para-hydroxylation sites is 2. The lowest BCUT2D eigenvalue weighted by Crippen LogP contribution is -2.32. The minimum atomic E-state index is -0.635. The standard InChI is InChI=1S/C27H23N3O4S/c1-4-33-23-10-6-5-9-21(23)29-25(31)20(16-28)27-30(22-12-11-17(2)14-18(22)3)26(32)24(35-27)15-19-8-7-13-34-19/h5-15H,4H2,1-3H3,(H,29,31)/b24-15-,27-20-. The van der Waals surface area contributed by atoms with E-state index in [1.54, 1.807) is 42.5 Å². The highest BCUT2D eigenvalue weighted by Crippen LogP contribution is 2.24. The van der Waals surface area contributed by atoms with Crippen LogP contribution in [0.5, 0.6) is 5.75 Å². The van der Waals surface area contributed by atoms with Crippen molar-refractivity contribution < 1.29 is 13.9 Å². The maximum Gasteiger partial charge on any atom is 0.273 e. The number of carbonyl (C=O) groups is 1. The van der Waals surface area contributed by atoms with Crippen LogP contribution < -0.4 is 24.8 Å². The van der Waals surface area contributed by atoms with Gasteiger partial charge in [0.15, 0.2) is 5.57 Å². The van der Waals surface area contributed by atoms with Gasteiger partial charge in [-0.2, -0.15) is 5.26 Å². The Labute approximate surface area is 205 Å². The number of nitriles is 1. The van der Waals surface area contributed by atoms with Crippen LogP contribution in [0.4, 0.5) is 5.69 Å². The molecule has 0 aliphatic carbocycles. The molecule has 176 valence electrons. The van der Waals surface area contributed by atoms with Gasteiger partial charge in [-0.05, 0) is 56.7 Å². The molecule has 1 amide bonds. The molecule has 0 atom stereocenters. The number of benzene rings is 2. The van der Waals surface area contributed by atoms with Gasteiger partial charge >= 0.3 is 0 Å². The normalized spacial score (nSPS) is 12.2. The second kappa shape index (κ2) is 10.3. The van der Waals surface area contributed by atoms with Crippen molar-refractivity contribution in [1.29, 1.82) is 5.26 Å². The molecule has 0 saturated carbocycles. The van der Waals surface area contributed by atoms with Crippen molar-refractivity contribution in [3.63, 3.8) is 0 Å². The quantitative estimate of drug-likeness (QED) is 0.450. The minimum absolute atomic E-state index is 0.183. The van der Waals surface area contributed by atoms with Gasteiger partial charge in [0, 0.05) is 6.08 Å². The highest BCUT2D eigenvalue weighted by Gasteiger charge is 2.19. The molecule has 2 aromatic carbocycles. The Morgan fingerprint density at radius 2 is 2.00 bits per heavy atom. The number of nitrogens with zero attached hydrogens (tertiary/aromatic N) is 2. The Morgan fingerprint density at radius 3 is 2.69 bits per heavy atom. The van der Waals surface area contributed by atoms with Crippen LogP contribution >= 0.6 is 11.3 Å². The van der Waals surface area contributed by atoms with Crippen molar-refractivity contribution in [2.24, 2.45) is 0 Å². The number of anilines is 1. The van der Waals surface area contributed by atoms with E-state index in [4.69, 9.17) is 9.15 Å². The third kappa shape index (κ3) is 4.95. The average molecular weight is 486 g/mol. The molecule has 2 aromatic heterocycles. The van der Waals surface area contributed by atoms with Crippen LogP contribution in [0.25, 0.3) is 17.3 Å². The van der Waals surface area contributed by atoms with Gasteiger partial charge < -0.3 is 14.5 Å². The topological polar surface area (TPSA) is 97.3 Å². The molecule has 0 fully saturated rings. The van der Waals surface area contributed by atoms with Crippen LogP contribution in [0, 0.1) is 25.2 Å². The van der Waals surface area contributed by atoms with Gasteiger partial charge in [0.05, 0.1) is 28.8 Å². The van der Waals surface area contributed by atoms with Crippen molar-refractivity contribution in [2.75, 3.05) is 11.9 Å². The Hall–Kier alpha value is -4.35. The zero-order chi connectivity index (χ0) is 24.9. The predicted octanol–water partition coefficient (Wildman–Crippen LogP) is 3.65. The van der Waals surface area contributed by atoms with E-state index >= 15 is 0 Å². The largest absolute Gasteiger partial charge is 0.492 e. The molecule has 2 heterocycles. The molecule has 35 heavy (non-hydrogen) atoms. The summed E-state index contributed by atoms with van der Waals surface area (Å²) in [6.07, 6.45) is 3.12. The summed E-state index contributed by atoms with van der Waals surface area (Å²) in [6.45, 7) is 6.11. The molecule has 4 rings (SSSR count). The van der Waals surface area contributed by atoms with Crippen molar-refractivity contribution >= 4 is 34.6 Å². The van der Waals surface area contributed by atoms with E-state index in [1.807, 2.05) is 45.0 Å². The fraction of sp³-hybridized carbons (Fsp3) is 0.148. The predicted molar refractivity (Wildman–Crippen MR) is 136 cm³/mol. The highest BCUT2D eigenvalue weighted by molar-refractivity contribution is 7.07. The molecular weight excluding hydrogens is 462 g/mol. The third-order valence-corrected chi connectivity index (χ3v) is 6.31. The number of amides is 1. The van der Waals surface area contributed by atoms with Gasteiger partial charge in [-0.3, -0.25) is 14.2 Å². The number of thiazole rings is 1. The van der Waals surface area contributed by atoms with Gasteiger partial charge in [0.2, 0.25) is 0 Å². The zero-order valence-corrected chi connectivity index (χ0v) is 20.3. The fourth-order valence-electron chi connectivity index (χ4n) is 3.66. The number of nitrogens with one attached hydrogen (secondary N) is 1. The van der Waals surface area contributed by atoms with E-state index < -0.39 is 5.91 Å². The molecule has 1 N–H and O–H groups in total. The van der Waals surface area contributed by atoms with Crippen molar-refractivity contribution in [3.05, 3.63) is 97.3 Å². The Bertz CT molecular complexity index is 1610. The number of hydrogen-bond acceptors (Lipinski definition) is 6. The first-order valence-corrected chi connectivity index (χ1v) is 11.8. The molecule has 0 bridgehead atoms. The minimum Gasteiger partial charge on any atom is -0.492 e. The van der Waals surface area contributed by atoms with Crippen molar-refractivity contribution in [1.82, 2.24) is 4.57 Å². The van der Waals surface area contributed by atoms with Gasteiger partial charge in [0.25, 0.3) is 11.5 Å². The number of rotatable bonds is 6. The number of furan rings is 1. The Morgan fingerprint density at radius 1 is 1.20 bits per heavy atom. The summed E-state index contributed by atoms with van der Waals surface area (Å²) in [5, 5.41) is 12.8. The number of ether oxygens (including phenoxy) is 1. The summed E-state index contributed by atoms with van der Waals surface area (Å²) >= 11 is 1.06. The molecule has 0 aliphatic heterocycles. The fourth-order valence-corrected chi connectivity index (χ4v) is 4.73. The lowest BCUT2D eigenvalue weighted by molar-refractivity contribution is -0.111. The highest BCUT2D eigenvalue weighted by atomic mass is 32.1. The van der Waals surface area contributed by atoms with E-state index in [-0.39, 0.29) is 15.8 Å². The maximum atomic E-state index is 13.5. The van der Waals surface area contributed by atoms with Crippen LogP contribution in [0.1, 0.15) is 23.8 Å². The van der Waals surface area contributed by atoms with Gasteiger partial charge in [-0.1, -0.05) is 29.8 Å². The summed E-state index contributed by atoms with van der Waals surface area (Å²) in [5.41, 5.74) is 2.39. The summed E-state index contributed by atoms with van der Waals surface area (Å²) in [5.74, 6) is 0.352. The molecule has 0 unspecified atom stereocenters. The van der Waals surface area contributed by atoms with Crippen LogP contribution in [0.15, 0.2) is 70.1 Å². The van der Waals surface area contributed by atoms with Gasteiger partial charge in [-0.15, -0.1) is 11.3 Å². The Kier molecular flexibility index (Phi) is 6.99. The van der Waals surface area contributed by atoms with Crippen molar-refractivity contribution in [3.8, 4) is 17.5 Å².